The molecule has 5 rings (SSSR count). The standard InChI is InChI=1S/C26H20FN3O2/c27-22-7-3-4-17(10-22)15-30-16-21(14-28-30)26(32)29-23-8-9-25(31)24(13-23)20-11-18-5-1-2-6-19(18)12-20/h1-8,10-11,13-14,16H,9,12,15H2,(H,29,32). The Morgan fingerprint density at radius 1 is 1.12 bits per heavy atom. The molecule has 5 nitrogen and oxygen atoms in total. The molecule has 1 N–H and O–H groups in total. The number of ketones is 1. The predicted molar refractivity (Wildman–Crippen MR) is 119 cm³/mol. The molecule has 0 bridgehead atoms. The van der Waals surface area contributed by atoms with Gasteiger partial charge >= 0.3 is 0 Å². The maximum absolute atomic E-state index is 13.4. The van der Waals surface area contributed by atoms with E-state index in [1.807, 2.05) is 24.3 Å². The summed E-state index contributed by atoms with van der Waals surface area (Å²) in [5.41, 5.74) is 5.68. The summed E-state index contributed by atoms with van der Waals surface area (Å²) in [6.07, 6.45) is 9.57. The number of allylic oxidation sites excluding steroid dienone is 4. The molecule has 3 aromatic rings. The highest BCUT2D eigenvalue weighted by Gasteiger charge is 2.23. The van der Waals surface area contributed by atoms with Crippen molar-refractivity contribution >= 4 is 17.8 Å². The van der Waals surface area contributed by atoms with Gasteiger partial charge in [0.2, 0.25) is 0 Å². The van der Waals surface area contributed by atoms with E-state index in [0.717, 1.165) is 16.7 Å². The Hall–Kier alpha value is -4.06. The number of hydrogen-bond acceptors (Lipinski definition) is 3. The minimum atomic E-state index is -0.311. The van der Waals surface area contributed by atoms with E-state index in [0.29, 0.717) is 29.8 Å². The number of aromatic nitrogens is 2. The van der Waals surface area contributed by atoms with Crippen LogP contribution in [0, 0.1) is 5.82 Å². The SMILES string of the molecule is O=C1CC=C(NC(=O)c2cnn(Cc3cccc(F)c3)c2)C=C1C1=Cc2ccccc2C1. The molecule has 0 fully saturated rings. The molecule has 0 saturated heterocycles. The summed E-state index contributed by atoms with van der Waals surface area (Å²) >= 11 is 0. The number of amides is 1. The fourth-order valence-corrected chi connectivity index (χ4v) is 4.01. The Morgan fingerprint density at radius 2 is 2.00 bits per heavy atom. The Balaban J connectivity index is 1.29. The number of benzene rings is 2. The van der Waals surface area contributed by atoms with Crippen molar-refractivity contribution in [2.45, 2.75) is 19.4 Å². The van der Waals surface area contributed by atoms with Gasteiger partial charge in [-0.1, -0.05) is 48.6 Å². The van der Waals surface area contributed by atoms with E-state index < -0.39 is 0 Å². The van der Waals surface area contributed by atoms with Crippen LogP contribution >= 0.6 is 0 Å². The van der Waals surface area contributed by atoms with Crippen molar-refractivity contribution in [3.8, 4) is 0 Å². The molecule has 0 saturated carbocycles. The number of Topliss-reactive ketones (excluding diaryl/α,β-unsaturated/α-hetero) is 1. The molecule has 2 aromatic carbocycles. The Morgan fingerprint density at radius 3 is 2.84 bits per heavy atom. The minimum absolute atomic E-state index is 0.0463. The van der Waals surface area contributed by atoms with Crippen LogP contribution in [0.2, 0.25) is 0 Å². The van der Waals surface area contributed by atoms with Crippen molar-refractivity contribution < 1.29 is 14.0 Å². The van der Waals surface area contributed by atoms with Crippen LogP contribution in [-0.4, -0.2) is 21.5 Å². The first kappa shape index (κ1) is 19.9. The normalized spacial score (nSPS) is 15.0. The van der Waals surface area contributed by atoms with Gasteiger partial charge in [-0.3, -0.25) is 14.3 Å². The second kappa shape index (κ2) is 8.23. The van der Waals surface area contributed by atoms with Crippen molar-refractivity contribution in [2.24, 2.45) is 0 Å². The molecule has 1 aromatic heterocycles. The van der Waals surface area contributed by atoms with Crippen LogP contribution in [-0.2, 0) is 17.8 Å². The van der Waals surface area contributed by atoms with Gasteiger partial charge in [-0.25, -0.2) is 4.39 Å². The largest absolute Gasteiger partial charge is 0.322 e. The zero-order chi connectivity index (χ0) is 22.1. The summed E-state index contributed by atoms with van der Waals surface area (Å²) in [7, 11) is 0. The van der Waals surface area contributed by atoms with Gasteiger partial charge in [0.25, 0.3) is 5.91 Å². The van der Waals surface area contributed by atoms with Crippen molar-refractivity contribution in [1.82, 2.24) is 15.1 Å². The molecule has 2 aliphatic carbocycles. The van der Waals surface area contributed by atoms with Gasteiger partial charge in [0.15, 0.2) is 5.78 Å². The second-order valence-electron chi connectivity index (χ2n) is 7.90. The van der Waals surface area contributed by atoms with Crippen LogP contribution in [0.25, 0.3) is 6.08 Å². The lowest BCUT2D eigenvalue weighted by atomic mass is 9.93. The number of carbonyl (C=O) groups excluding carboxylic acids is 2. The average Bonchev–Trinajstić information content (AvgIpc) is 3.42. The molecule has 2 aliphatic rings. The number of fused-ring (bicyclic) bond motifs is 1. The highest BCUT2D eigenvalue weighted by atomic mass is 19.1. The van der Waals surface area contributed by atoms with Gasteiger partial charge in [-0.05, 0) is 46.9 Å². The van der Waals surface area contributed by atoms with Crippen LogP contribution in [0.3, 0.4) is 0 Å². The maximum atomic E-state index is 13.4. The molecule has 0 aliphatic heterocycles. The molecular weight excluding hydrogens is 405 g/mol. The van der Waals surface area contributed by atoms with E-state index in [4.69, 9.17) is 0 Å². The molecule has 1 heterocycles. The number of nitrogens with one attached hydrogen (secondary N) is 1. The topological polar surface area (TPSA) is 64.0 Å². The number of nitrogens with zero attached hydrogens (tertiary/aromatic N) is 2. The zero-order valence-corrected chi connectivity index (χ0v) is 17.2. The lowest BCUT2D eigenvalue weighted by Gasteiger charge is -2.14. The zero-order valence-electron chi connectivity index (χ0n) is 17.2. The molecule has 0 radical (unpaired) electrons. The Labute approximate surface area is 184 Å². The smallest absolute Gasteiger partial charge is 0.258 e. The van der Waals surface area contributed by atoms with Gasteiger partial charge in [0.05, 0.1) is 18.3 Å². The van der Waals surface area contributed by atoms with E-state index in [1.54, 1.807) is 35.2 Å². The maximum Gasteiger partial charge on any atom is 0.258 e. The van der Waals surface area contributed by atoms with Crippen LogP contribution in [0.5, 0.6) is 0 Å². The molecule has 0 unspecified atom stereocenters. The highest BCUT2D eigenvalue weighted by Crippen LogP contribution is 2.32. The fourth-order valence-electron chi connectivity index (χ4n) is 4.01. The summed E-state index contributed by atoms with van der Waals surface area (Å²) < 4.78 is 15.0. The average molecular weight is 425 g/mol. The van der Waals surface area contributed by atoms with E-state index >= 15 is 0 Å². The van der Waals surface area contributed by atoms with E-state index in [-0.39, 0.29) is 23.9 Å². The quantitative estimate of drug-likeness (QED) is 0.666. The fraction of sp³-hybridized carbons (Fsp3) is 0.115. The number of carbonyl (C=O) groups is 2. The van der Waals surface area contributed by atoms with Crippen LogP contribution in [0.15, 0.2) is 89.9 Å². The predicted octanol–water partition coefficient (Wildman–Crippen LogP) is 4.22. The van der Waals surface area contributed by atoms with E-state index in [2.05, 4.69) is 16.5 Å². The van der Waals surface area contributed by atoms with Gasteiger partial charge in [0, 0.05) is 23.9 Å². The van der Waals surface area contributed by atoms with Crippen LogP contribution in [0.1, 0.15) is 33.5 Å². The van der Waals surface area contributed by atoms with Crippen molar-refractivity contribution in [1.29, 1.82) is 0 Å². The summed E-state index contributed by atoms with van der Waals surface area (Å²) in [4.78, 5) is 25.3. The molecule has 6 heteroatoms. The van der Waals surface area contributed by atoms with Gasteiger partial charge in [-0.15, -0.1) is 0 Å². The summed E-state index contributed by atoms with van der Waals surface area (Å²) in [6, 6.07) is 14.3. The van der Waals surface area contributed by atoms with Gasteiger partial charge < -0.3 is 5.32 Å². The third-order valence-electron chi connectivity index (χ3n) is 5.61. The van der Waals surface area contributed by atoms with Crippen molar-refractivity contribution in [3.05, 3.63) is 118 Å². The van der Waals surface area contributed by atoms with Crippen molar-refractivity contribution in [2.75, 3.05) is 0 Å². The molecule has 158 valence electrons. The minimum Gasteiger partial charge on any atom is -0.322 e. The number of halogens is 1. The number of rotatable bonds is 5. The van der Waals surface area contributed by atoms with Crippen molar-refractivity contribution in [3.63, 3.8) is 0 Å². The second-order valence-corrected chi connectivity index (χ2v) is 7.90. The first-order valence-electron chi connectivity index (χ1n) is 10.4. The molecule has 1 amide bonds. The third-order valence-corrected chi connectivity index (χ3v) is 5.61. The Bertz CT molecular complexity index is 1330. The lowest BCUT2D eigenvalue weighted by molar-refractivity contribution is -0.114. The van der Waals surface area contributed by atoms with E-state index in [9.17, 15) is 14.0 Å². The van der Waals surface area contributed by atoms with Crippen LogP contribution < -0.4 is 5.32 Å². The lowest BCUT2D eigenvalue weighted by Crippen LogP contribution is -2.24. The summed E-state index contributed by atoms with van der Waals surface area (Å²) in [5.74, 6) is -0.574. The Kier molecular flexibility index (Phi) is 5.11. The van der Waals surface area contributed by atoms with Crippen LogP contribution in [0.4, 0.5) is 4.39 Å². The van der Waals surface area contributed by atoms with Gasteiger partial charge in [0.1, 0.15) is 5.82 Å². The first-order chi connectivity index (χ1) is 15.5. The monoisotopic (exact) mass is 425 g/mol. The summed E-state index contributed by atoms with van der Waals surface area (Å²) in [6.45, 7) is 0.362. The van der Waals surface area contributed by atoms with Gasteiger partial charge in [-0.2, -0.15) is 5.10 Å². The molecule has 0 atom stereocenters. The molecular formula is C26H20FN3O2. The number of hydrogen-bond donors (Lipinski definition) is 1. The summed E-state index contributed by atoms with van der Waals surface area (Å²) in [5, 5.41) is 7.07. The molecule has 32 heavy (non-hydrogen) atoms. The molecule has 0 spiro atoms. The van der Waals surface area contributed by atoms with E-state index in [1.165, 1.54) is 23.9 Å². The highest BCUT2D eigenvalue weighted by molar-refractivity contribution is 6.04. The third kappa shape index (κ3) is 4.07. The first-order valence-corrected chi connectivity index (χ1v) is 10.4.